The third-order valence-electron chi connectivity index (χ3n) is 6.31. The first-order valence-corrected chi connectivity index (χ1v) is 11.1. The molecule has 0 saturated heterocycles. The molecule has 2 heterocycles. The SMILES string of the molecule is CCOC(=O)c1cn(C2CC2)c2c(OC(F)F)c(-c3ccc4c(c3)CN[C@@H]4C)ccc2c1=O. The summed E-state index contributed by atoms with van der Waals surface area (Å²) in [6.45, 7) is 1.48. The van der Waals surface area contributed by atoms with Crippen LogP contribution in [0.25, 0.3) is 22.0 Å². The maximum Gasteiger partial charge on any atom is 0.387 e. The number of hydrogen-bond donors (Lipinski definition) is 1. The Labute approximate surface area is 189 Å². The highest BCUT2D eigenvalue weighted by Crippen LogP contribution is 2.43. The molecule has 172 valence electrons. The summed E-state index contributed by atoms with van der Waals surface area (Å²) in [5.74, 6) is -0.777. The van der Waals surface area contributed by atoms with E-state index < -0.39 is 18.0 Å². The van der Waals surface area contributed by atoms with Crippen molar-refractivity contribution in [3.8, 4) is 16.9 Å². The fourth-order valence-electron chi connectivity index (χ4n) is 4.57. The Kier molecular flexibility index (Phi) is 5.40. The molecule has 33 heavy (non-hydrogen) atoms. The zero-order valence-corrected chi connectivity index (χ0v) is 18.4. The number of nitrogens with zero attached hydrogens (tertiary/aromatic N) is 1. The molecule has 0 amide bonds. The second kappa shape index (κ2) is 8.26. The number of carbonyl (C=O) groups is 1. The number of esters is 1. The van der Waals surface area contributed by atoms with Crippen LogP contribution < -0.4 is 15.5 Å². The number of carbonyl (C=O) groups excluding carboxylic acids is 1. The molecule has 0 bridgehead atoms. The van der Waals surface area contributed by atoms with Gasteiger partial charge in [0, 0.05) is 30.4 Å². The largest absolute Gasteiger partial charge is 0.462 e. The Morgan fingerprint density at radius 1 is 1.24 bits per heavy atom. The molecule has 1 atom stereocenters. The molecule has 1 fully saturated rings. The molecule has 1 N–H and O–H groups in total. The fraction of sp³-hybridized carbons (Fsp3) is 0.360. The van der Waals surface area contributed by atoms with Crippen LogP contribution in [0.15, 0.2) is 41.3 Å². The number of halogens is 2. The van der Waals surface area contributed by atoms with Gasteiger partial charge in [-0.2, -0.15) is 8.78 Å². The average Bonchev–Trinajstić information content (AvgIpc) is 3.57. The highest BCUT2D eigenvalue weighted by molar-refractivity contribution is 5.98. The van der Waals surface area contributed by atoms with Crippen molar-refractivity contribution in [1.29, 1.82) is 0 Å². The highest BCUT2D eigenvalue weighted by atomic mass is 19.3. The fourth-order valence-corrected chi connectivity index (χ4v) is 4.57. The minimum absolute atomic E-state index is 0.00150. The van der Waals surface area contributed by atoms with Gasteiger partial charge in [0.25, 0.3) is 0 Å². The molecular weight excluding hydrogens is 430 g/mol. The smallest absolute Gasteiger partial charge is 0.387 e. The first-order chi connectivity index (χ1) is 15.9. The summed E-state index contributed by atoms with van der Waals surface area (Å²) in [5, 5.41) is 3.52. The monoisotopic (exact) mass is 454 g/mol. The third-order valence-corrected chi connectivity index (χ3v) is 6.31. The number of fused-ring (bicyclic) bond motifs is 2. The van der Waals surface area contributed by atoms with Gasteiger partial charge in [0.15, 0.2) is 5.75 Å². The lowest BCUT2D eigenvalue weighted by Crippen LogP contribution is -2.21. The molecule has 1 aliphatic heterocycles. The molecule has 2 aliphatic rings. The number of rotatable bonds is 6. The van der Waals surface area contributed by atoms with E-state index >= 15 is 0 Å². The Balaban J connectivity index is 1.77. The topological polar surface area (TPSA) is 69.6 Å². The lowest BCUT2D eigenvalue weighted by atomic mass is 9.96. The van der Waals surface area contributed by atoms with Crippen LogP contribution in [0.5, 0.6) is 5.75 Å². The summed E-state index contributed by atoms with van der Waals surface area (Å²) in [5.41, 5.74) is 3.09. The average molecular weight is 454 g/mol. The second-order valence-electron chi connectivity index (χ2n) is 8.46. The third kappa shape index (κ3) is 3.78. The standard InChI is InChI=1S/C25H24F2N2O4/c1-3-32-24(31)20-12-29(16-5-6-16)21-19(22(20)30)9-8-18(23(21)33-25(26)27)14-4-7-17-13(2)28-11-15(17)10-14/h4,7-10,12-13,16,25,28H,3,5-6,11H2,1-2H3/t13-/m1/s1. The molecule has 3 aromatic rings. The van der Waals surface area contributed by atoms with Gasteiger partial charge in [-0.1, -0.05) is 12.1 Å². The van der Waals surface area contributed by atoms with Crippen LogP contribution in [0.2, 0.25) is 0 Å². The maximum absolute atomic E-state index is 13.6. The van der Waals surface area contributed by atoms with Gasteiger partial charge in [-0.15, -0.1) is 0 Å². The molecule has 5 rings (SSSR count). The van der Waals surface area contributed by atoms with E-state index in [1.165, 1.54) is 11.8 Å². The van der Waals surface area contributed by atoms with Crippen molar-refractivity contribution in [3.05, 3.63) is 63.4 Å². The van der Waals surface area contributed by atoms with Crippen molar-refractivity contribution in [3.63, 3.8) is 0 Å². The normalized spacial score (nSPS) is 17.4. The van der Waals surface area contributed by atoms with E-state index in [-0.39, 0.29) is 40.9 Å². The van der Waals surface area contributed by atoms with E-state index in [1.807, 2.05) is 18.2 Å². The number of nitrogens with one attached hydrogen (secondary N) is 1. The molecule has 1 saturated carbocycles. The number of benzene rings is 2. The summed E-state index contributed by atoms with van der Waals surface area (Å²) in [6, 6.07) is 9.27. The molecule has 0 spiro atoms. The van der Waals surface area contributed by atoms with E-state index in [1.54, 1.807) is 23.6 Å². The van der Waals surface area contributed by atoms with E-state index in [9.17, 15) is 18.4 Å². The minimum atomic E-state index is -3.07. The van der Waals surface area contributed by atoms with Gasteiger partial charge in [0.2, 0.25) is 5.43 Å². The zero-order valence-electron chi connectivity index (χ0n) is 18.4. The summed E-state index contributed by atoms with van der Waals surface area (Å²) < 4.78 is 39.0. The van der Waals surface area contributed by atoms with Crippen LogP contribution in [-0.4, -0.2) is 23.8 Å². The summed E-state index contributed by atoms with van der Waals surface area (Å²) >= 11 is 0. The Bertz CT molecular complexity index is 1310. The summed E-state index contributed by atoms with van der Waals surface area (Å²) in [7, 11) is 0. The highest BCUT2D eigenvalue weighted by Gasteiger charge is 2.30. The first kappa shape index (κ1) is 21.6. The molecule has 8 heteroatoms. The lowest BCUT2D eigenvalue weighted by molar-refractivity contribution is -0.0486. The van der Waals surface area contributed by atoms with E-state index in [0.29, 0.717) is 12.1 Å². The predicted octanol–water partition coefficient (Wildman–Crippen LogP) is 4.95. The van der Waals surface area contributed by atoms with Gasteiger partial charge in [-0.3, -0.25) is 4.79 Å². The zero-order chi connectivity index (χ0) is 23.3. The Hall–Kier alpha value is -3.26. The van der Waals surface area contributed by atoms with Gasteiger partial charge >= 0.3 is 12.6 Å². The number of pyridine rings is 1. The number of alkyl halides is 2. The maximum atomic E-state index is 13.6. The quantitative estimate of drug-likeness (QED) is 0.534. The van der Waals surface area contributed by atoms with Crippen molar-refractivity contribution < 1.29 is 23.0 Å². The van der Waals surface area contributed by atoms with Gasteiger partial charge in [-0.25, -0.2) is 4.79 Å². The van der Waals surface area contributed by atoms with Crippen LogP contribution in [-0.2, 0) is 11.3 Å². The number of ether oxygens (including phenoxy) is 2. The minimum Gasteiger partial charge on any atom is -0.462 e. The predicted molar refractivity (Wildman–Crippen MR) is 120 cm³/mol. The molecule has 0 unspecified atom stereocenters. The second-order valence-corrected chi connectivity index (χ2v) is 8.46. The van der Waals surface area contributed by atoms with Gasteiger partial charge in [-0.05, 0) is 61.6 Å². The molecule has 2 aromatic carbocycles. The number of aromatic nitrogens is 1. The van der Waals surface area contributed by atoms with Crippen molar-refractivity contribution in [1.82, 2.24) is 9.88 Å². The molecule has 1 aromatic heterocycles. The van der Waals surface area contributed by atoms with E-state index in [4.69, 9.17) is 9.47 Å². The van der Waals surface area contributed by atoms with Crippen LogP contribution in [0.1, 0.15) is 60.3 Å². The Morgan fingerprint density at radius 2 is 2.03 bits per heavy atom. The van der Waals surface area contributed by atoms with E-state index in [2.05, 4.69) is 12.2 Å². The summed E-state index contributed by atoms with van der Waals surface area (Å²) in [6.07, 6.45) is 3.07. The molecule has 0 radical (unpaired) electrons. The van der Waals surface area contributed by atoms with Crippen molar-refractivity contribution in [2.75, 3.05) is 6.61 Å². The van der Waals surface area contributed by atoms with Gasteiger partial charge < -0.3 is 19.4 Å². The Morgan fingerprint density at radius 3 is 2.73 bits per heavy atom. The van der Waals surface area contributed by atoms with E-state index in [0.717, 1.165) is 24.0 Å². The van der Waals surface area contributed by atoms with Crippen molar-refractivity contribution >= 4 is 16.9 Å². The molecule has 6 nitrogen and oxygen atoms in total. The van der Waals surface area contributed by atoms with Gasteiger partial charge in [0.05, 0.1) is 17.5 Å². The van der Waals surface area contributed by atoms with Crippen LogP contribution in [0.3, 0.4) is 0 Å². The van der Waals surface area contributed by atoms with Crippen molar-refractivity contribution in [2.24, 2.45) is 0 Å². The lowest BCUT2D eigenvalue weighted by Gasteiger charge is -2.19. The molecular formula is C25H24F2N2O4. The van der Waals surface area contributed by atoms with Gasteiger partial charge in [0.1, 0.15) is 5.56 Å². The van der Waals surface area contributed by atoms with Crippen LogP contribution >= 0.6 is 0 Å². The number of hydrogen-bond acceptors (Lipinski definition) is 5. The van der Waals surface area contributed by atoms with Crippen LogP contribution in [0.4, 0.5) is 8.78 Å². The van der Waals surface area contributed by atoms with Crippen molar-refractivity contribution in [2.45, 2.75) is 51.9 Å². The summed E-state index contributed by atoms with van der Waals surface area (Å²) in [4.78, 5) is 25.5. The van der Waals surface area contributed by atoms with Crippen LogP contribution in [0, 0.1) is 0 Å². The molecule has 1 aliphatic carbocycles. The first-order valence-electron chi connectivity index (χ1n) is 11.1.